The summed E-state index contributed by atoms with van der Waals surface area (Å²) in [5.74, 6) is 1.27. The van der Waals surface area contributed by atoms with Crippen molar-refractivity contribution >= 4 is 5.65 Å². The van der Waals surface area contributed by atoms with Crippen LogP contribution in [-0.4, -0.2) is 55.6 Å². The molecule has 0 spiro atoms. The quantitative estimate of drug-likeness (QED) is 0.509. The molecule has 0 radical (unpaired) electrons. The smallest absolute Gasteiger partial charge is 0.247 e. The number of nitrogens with zero attached hydrogens (tertiary/aromatic N) is 6. The Morgan fingerprint density at radius 2 is 1.80 bits per heavy atom. The van der Waals surface area contributed by atoms with Gasteiger partial charge in [-0.1, -0.05) is 23.8 Å². The second-order valence-electron chi connectivity index (χ2n) is 8.00. The van der Waals surface area contributed by atoms with Crippen molar-refractivity contribution in [2.45, 2.75) is 26.4 Å². The third-order valence-corrected chi connectivity index (χ3v) is 5.85. The first kappa shape index (κ1) is 19.0. The first-order valence-electron chi connectivity index (χ1n) is 10.5. The predicted molar refractivity (Wildman–Crippen MR) is 115 cm³/mol. The minimum atomic E-state index is 0.106. The number of benzene rings is 1. The lowest BCUT2D eigenvalue weighted by Gasteiger charge is -2.36. The van der Waals surface area contributed by atoms with E-state index in [0.717, 1.165) is 49.6 Å². The van der Waals surface area contributed by atoms with Crippen molar-refractivity contribution in [1.82, 2.24) is 29.4 Å². The van der Waals surface area contributed by atoms with E-state index >= 15 is 0 Å². The fraction of sp³-hybridized carbons (Fsp3) is 0.348. The highest BCUT2D eigenvalue weighted by atomic mass is 16.4. The van der Waals surface area contributed by atoms with Crippen molar-refractivity contribution in [1.29, 1.82) is 0 Å². The third kappa shape index (κ3) is 3.86. The molecule has 1 aliphatic heterocycles. The molecule has 0 bridgehead atoms. The van der Waals surface area contributed by atoms with Gasteiger partial charge in [0, 0.05) is 50.7 Å². The van der Waals surface area contributed by atoms with Crippen LogP contribution < -0.4 is 0 Å². The number of pyridine rings is 1. The van der Waals surface area contributed by atoms with Gasteiger partial charge in [-0.25, -0.2) is 4.98 Å². The van der Waals surface area contributed by atoms with Gasteiger partial charge in [-0.05, 0) is 38.1 Å². The summed E-state index contributed by atoms with van der Waals surface area (Å²) in [6.07, 6.45) is 4.16. The van der Waals surface area contributed by atoms with Crippen LogP contribution in [0.25, 0.3) is 17.1 Å². The molecule has 154 valence electrons. The van der Waals surface area contributed by atoms with E-state index in [0.29, 0.717) is 11.8 Å². The third-order valence-electron chi connectivity index (χ3n) is 5.85. The van der Waals surface area contributed by atoms with Crippen LogP contribution in [0.5, 0.6) is 0 Å². The zero-order valence-corrected chi connectivity index (χ0v) is 17.4. The van der Waals surface area contributed by atoms with Crippen LogP contribution in [0.4, 0.5) is 0 Å². The number of piperazine rings is 1. The van der Waals surface area contributed by atoms with Gasteiger partial charge < -0.3 is 8.82 Å². The molecule has 1 unspecified atom stereocenters. The molecule has 0 saturated carbocycles. The van der Waals surface area contributed by atoms with Crippen LogP contribution in [0.15, 0.2) is 59.3 Å². The molecule has 7 heteroatoms. The number of aryl methyl sites for hydroxylation is 1. The first-order chi connectivity index (χ1) is 14.7. The van der Waals surface area contributed by atoms with Crippen molar-refractivity contribution in [2.75, 3.05) is 26.2 Å². The predicted octanol–water partition coefficient (Wildman–Crippen LogP) is 3.57. The van der Waals surface area contributed by atoms with Crippen LogP contribution >= 0.6 is 0 Å². The molecule has 3 aromatic heterocycles. The lowest BCUT2D eigenvalue weighted by atomic mass is 10.1. The molecular formula is C23H26N6O. The maximum atomic E-state index is 5.99. The SMILES string of the molecule is Cc1ccc(-c2nnc(C(C)N3CCN(Cc4cn5ccccc5n4)CC3)o2)cc1. The van der Waals surface area contributed by atoms with Gasteiger partial charge in [0.1, 0.15) is 5.65 Å². The van der Waals surface area contributed by atoms with Crippen molar-refractivity contribution in [3.05, 3.63) is 72.0 Å². The van der Waals surface area contributed by atoms with E-state index in [4.69, 9.17) is 9.40 Å². The van der Waals surface area contributed by atoms with Gasteiger partial charge in [-0.2, -0.15) is 0 Å². The Labute approximate surface area is 176 Å². The molecule has 0 amide bonds. The average molecular weight is 403 g/mol. The summed E-state index contributed by atoms with van der Waals surface area (Å²) in [5, 5.41) is 8.58. The molecule has 4 aromatic rings. The van der Waals surface area contributed by atoms with Crippen molar-refractivity contribution in [2.24, 2.45) is 0 Å². The highest BCUT2D eigenvalue weighted by Gasteiger charge is 2.26. The van der Waals surface area contributed by atoms with Crippen LogP contribution in [0.3, 0.4) is 0 Å². The maximum absolute atomic E-state index is 5.99. The van der Waals surface area contributed by atoms with Gasteiger partial charge in [-0.3, -0.25) is 9.80 Å². The highest BCUT2D eigenvalue weighted by Crippen LogP contribution is 2.25. The monoisotopic (exact) mass is 402 g/mol. The highest BCUT2D eigenvalue weighted by molar-refractivity contribution is 5.52. The van der Waals surface area contributed by atoms with Gasteiger partial charge in [-0.15, -0.1) is 10.2 Å². The van der Waals surface area contributed by atoms with Crippen LogP contribution in [0.2, 0.25) is 0 Å². The second-order valence-corrected chi connectivity index (χ2v) is 8.00. The van der Waals surface area contributed by atoms with Crippen molar-refractivity contribution < 1.29 is 4.42 Å². The van der Waals surface area contributed by atoms with E-state index in [1.165, 1.54) is 5.56 Å². The first-order valence-corrected chi connectivity index (χ1v) is 10.5. The minimum absolute atomic E-state index is 0.106. The summed E-state index contributed by atoms with van der Waals surface area (Å²) in [4.78, 5) is 9.58. The molecule has 7 nitrogen and oxygen atoms in total. The topological polar surface area (TPSA) is 62.7 Å². The molecule has 30 heavy (non-hydrogen) atoms. The van der Waals surface area contributed by atoms with Gasteiger partial charge >= 0.3 is 0 Å². The molecule has 1 aliphatic rings. The number of imidazole rings is 1. The standard InChI is InChI=1S/C23H26N6O/c1-17-6-8-19(9-7-17)23-26-25-22(30-23)18(2)28-13-11-27(12-14-28)15-20-16-29-10-4-3-5-21(29)24-20/h3-10,16,18H,11-15H2,1-2H3. The van der Waals surface area contributed by atoms with E-state index in [2.05, 4.69) is 56.6 Å². The van der Waals surface area contributed by atoms with E-state index in [1.54, 1.807) is 0 Å². The Morgan fingerprint density at radius 1 is 1.00 bits per heavy atom. The Bertz CT molecular complexity index is 1090. The average Bonchev–Trinajstić information content (AvgIpc) is 3.41. The van der Waals surface area contributed by atoms with Crippen molar-refractivity contribution in [3.8, 4) is 11.5 Å². The van der Waals surface area contributed by atoms with E-state index in [9.17, 15) is 0 Å². The Morgan fingerprint density at radius 3 is 2.57 bits per heavy atom. The number of aromatic nitrogens is 4. The van der Waals surface area contributed by atoms with Crippen molar-refractivity contribution in [3.63, 3.8) is 0 Å². The fourth-order valence-electron chi connectivity index (χ4n) is 3.97. The zero-order chi connectivity index (χ0) is 20.5. The summed E-state index contributed by atoms with van der Waals surface area (Å²) in [6, 6.07) is 14.4. The summed E-state index contributed by atoms with van der Waals surface area (Å²) in [5.41, 5.74) is 4.29. The fourth-order valence-corrected chi connectivity index (χ4v) is 3.97. The normalized spacial score (nSPS) is 16.9. The zero-order valence-electron chi connectivity index (χ0n) is 17.4. The van der Waals surface area contributed by atoms with Gasteiger partial charge in [0.25, 0.3) is 0 Å². The second kappa shape index (κ2) is 8.01. The molecule has 0 aliphatic carbocycles. The minimum Gasteiger partial charge on any atom is -0.419 e. The summed E-state index contributed by atoms with van der Waals surface area (Å²) < 4.78 is 8.07. The molecule has 0 N–H and O–H groups in total. The Hall–Kier alpha value is -3.03. The van der Waals surface area contributed by atoms with Crippen LogP contribution in [0, 0.1) is 6.92 Å². The molecule has 1 aromatic carbocycles. The number of fused-ring (bicyclic) bond motifs is 1. The largest absolute Gasteiger partial charge is 0.419 e. The van der Waals surface area contributed by atoms with Crippen LogP contribution in [-0.2, 0) is 6.54 Å². The number of hydrogen-bond donors (Lipinski definition) is 0. The van der Waals surface area contributed by atoms with Crippen LogP contribution in [0.1, 0.15) is 30.1 Å². The lowest BCUT2D eigenvalue weighted by molar-refractivity contribution is 0.0870. The molecule has 5 rings (SSSR count). The van der Waals surface area contributed by atoms with E-state index < -0.39 is 0 Å². The van der Waals surface area contributed by atoms with Gasteiger partial charge in [0.2, 0.25) is 11.8 Å². The van der Waals surface area contributed by atoms with Gasteiger partial charge in [0.05, 0.1) is 11.7 Å². The van der Waals surface area contributed by atoms with E-state index in [-0.39, 0.29) is 6.04 Å². The summed E-state index contributed by atoms with van der Waals surface area (Å²) in [7, 11) is 0. The van der Waals surface area contributed by atoms with Gasteiger partial charge in [0.15, 0.2) is 0 Å². The maximum Gasteiger partial charge on any atom is 0.247 e. The molecule has 4 heterocycles. The summed E-state index contributed by atoms with van der Waals surface area (Å²) >= 11 is 0. The molecule has 1 fully saturated rings. The molecule has 1 atom stereocenters. The summed E-state index contributed by atoms with van der Waals surface area (Å²) in [6.45, 7) is 9.02. The molecular weight excluding hydrogens is 376 g/mol. The Kier molecular flexibility index (Phi) is 5.06. The number of rotatable bonds is 5. The Balaban J connectivity index is 1.19. The van der Waals surface area contributed by atoms with E-state index in [1.807, 2.05) is 36.5 Å². The molecule has 1 saturated heterocycles. The number of hydrogen-bond acceptors (Lipinski definition) is 6. The lowest BCUT2D eigenvalue weighted by Crippen LogP contribution is -2.46.